The van der Waals surface area contributed by atoms with Crippen molar-refractivity contribution in [3.63, 3.8) is 0 Å². The van der Waals surface area contributed by atoms with Crippen molar-refractivity contribution in [2.45, 2.75) is 33.1 Å². The molecular weight excluding hydrogens is 364 g/mol. The van der Waals surface area contributed by atoms with E-state index < -0.39 is 23.8 Å². The first kappa shape index (κ1) is 21.1. The Bertz CT molecular complexity index is 797. The number of allylic oxidation sites excluding steroid dienone is 1. The molecule has 1 aromatic rings. The third kappa shape index (κ3) is 5.18. The summed E-state index contributed by atoms with van der Waals surface area (Å²) in [6.45, 7) is 3.91. The Labute approximate surface area is 163 Å². The monoisotopic (exact) mass is 388 g/mol. The van der Waals surface area contributed by atoms with Crippen molar-refractivity contribution in [1.82, 2.24) is 5.32 Å². The van der Waals surface area contributed by atoms with Crippen LogP contribution in [0.5, 0.6) is 0 Å². The van der Waals surface area contributed by atoms with Gasteiger partial charge in [-0.05, 0) is 37.6 Å². The Hall–Kier alpha value is -3.16. The smallest absolute Gasteiger partial charge is 0.338 e. The van der Waals surface area contributed by atoms with Gasteiger partial charge in [-0.15, -0.1) is 0 Å². The van der Waals surface area contributed by atoms with Gasteiger partial charge in [-0.2, -0.15) is 0 Å². The van der Waals surface area contributed by atoms with Crippen molar-refractivity contribution in [1.29, 1.82) is 0 Å². The van der Waals surface area contributed by atoms with Gasteiger partial charge in [-0.1, -0.05) is 13.3 Å². The first-order chi connectivity index (χ1) is 13.4. The Balaban J connectivity index is 2.09. The van der Waals surface area contributed by atoms with E-state index in [4.69, 9.17) is 9.47 Å². The van der Waals surface area contributed by atoms with Gasteiger partial charge in [0, 0.05) is 17.8 Å². The average Bonchev–Trinajstić information content (AvgIpc) is 2.67. The Morgan fingerprint density at radius 3 is 2.46 bits per heavy atom. The number of methoxy groups -OCH3 is 1. The number of unbranched alkanes of at least 4 members (excludes halogenated alkanes) is 1. The predicted molar refractivity (Wildman–Crippen MR) is 101 cm³/mol. The summed E-state index contributed by atoms with van der Waals surface area (Å²) in [6, 6.07) is 6.21. The minimum atomic E-state index is -0.958. The van der Waals surface area contributed by atoms with Crippen molar-refractivity contribution < 1.29 is 28.7 Å². The highest BCUT2D eigenvalue weighted by molar-refractivity contribution is 6.06. The van der Waals surface area contributed by atoms with Crippen LogP contribution in [-0.4, -0.2) is 37.5 Å². The quantitative estimate of drug-likeness (QED) is 0.547. The zero-order chi connectivity index (χ0) is 20.7. The van der Waals surface area contributed by atoms with E-state index in [0.717, 1.165) is 12.8 Å². The highest BCUT2D eigenvalue weighted by Gasteiger charge is 2.36. The van der Waals surface area contributed by atoms with Crippen LogP contribution >= 0.6 is 0 Å². The molecule has 0 aliphatic carbocycles. The first-order valence-electron chi connectivity index (χ1n) is 9.04. The number of amides is 2. The number of hydrogen-bond acceptors (Lipinski definition) is 6. The molecule has 1 aliphatic rings. The van der Waals surface area contributed by atoms with Gasteiger partial charge < -0.3 is 20.1 Å². The Morgan fingerprint density at radius 1 is 1.18 bits per heavy atom. The third-order valence-corrected chi connectivity index (χ3v) is 4.31. The topological polar surface area (TPSA) is 111 Å². The summed E-state index contributed by atoms with van der Waals surface area (Å²) in [7, 11) is 1.21. The molecule has 0 fully saturated rings. The molecule has 8 heteroatoms. The molecule has 0 saturated heterocycles. The lowest BCUT2D eigenvalue weighted by Gasteiger charge is -2.25. The van der Waals surface area contributed by atoms with Crippen LogP contribution < -0.4 is 10.6 Å². The Kier molecular flexibility index (Phi) is 7.31. The zero-order valence-corrected chi connectivity index (χ0v) is 16.2. The number of rotatable bonds is 7. The molecule has 0 unspecified atom stereocenters. The largest absolute Gasteiger partial charge is 0.466 e. The van der Waals surface area contributed by atoms with Gasteiger partial charge in [-0.25, -0.2) is 9.59 Å². The number of nitrogens with one attached hydrogen (secondary N) is 2. The lowest BCUT2D eigenvalue weighted by Crippen LogP contribution is -2.40. The van der Waals surface area contributed by atoms with Crippen molar-refractivity contribution in [3.05, 3.63) is 41.1 Å². The number of carbonyl (C=O) groups is 4. The fraction of sp³-hybridized carbons (Fsp3) is 0.400. The Morgan fingerprint density at radius 2 is 1.86 bits per heavy atom. The minimum absolute atomic E-state index is 0.121. The van der Waals surface area contributed by atoms with Gasteiger partial charge >= 0.3 is 11.9 Å². The number of carbonyl (C=O) groups excluding carboxylic acids is 4. The number of anilines is 1. The van der Waals surface area contributed by atoms with Crippen molar-refractivity contribution >= 4 is 29.4 Å². The van der Waals surface area contributed by atoms with E-state index in [2.05, 4.69) is 10.6 Å². The highest BCUT2D eigenvalue weighted by Crippen LogP contribution is 2.25. The molecule has 0 aromatic heterocycles. The van der Waals surface area contributed by atoms with E-state index in [1.54, 1.807) is 31.2 Å². The van der Waals surface area contributed by atoms with Crippen molar-refractivity contribution in [2.24, 2.45) is 5.92 Å². The standard InChI is InChI=1S/C20H24N2O6/c1-4-5-10-28-19(25)13-6-8-14(9-7-13)22-18(24)15-11-16(23)21-12(2)17(15)20(26)27-3/h6-9,15H,4-5,10-11H2,1-3H3,(H,21,23)(H,22,24)/t15-/m1/s1. The van der Waals surface area contributed by atoms with Gasteiger partial charge in [0.2, 0.25) is 11.8 Å². The van der Waals surface area contributed by atoms with Crippen LogP contribution in [0.1, 0.15) is 43.5 Å². The van der Waals surface area contributed by atoms with Gasteiger partial charge in [0.1, 0.15) is 0 Å². The van der Waals surface area contributed by atoms with Crippen LogP contribution in [0.3, 0.4) is 0 Å². The SMILES string of the molecule is CCCCOC(=O)c1ccc(NC(=O)[C@@H]2CC(=O)NC(C)=C2C(=O)OC)cc1. The van der Waals surface area contributed by atoms with E-state index in [0.29, 0.717) is 23.6 Å². The summed E-state index contributed by atoms with van der Waals surface area (Å²) in [5.74, 6) is -2.91. The van der Waals surface area contributed by atoms with Gasteiger partial charge in [0.15, 0.2) is 0 Å². The normalized spacial score (nSPS) is 16.2. The number of benzene rings is 1. The van der Waals surface area contributed by atoms with Gasteiger partial charge in [0.05, 0.1) is 30.8 Å². The number of esters is 2. The summed E-state index contributed by atoms with van der Waals surface area (Å²) in [5, 5.41) is 5.21. The first-order valence-corrected chi connectivity index (χ1v) is 9.04. The second kappa shape index (κ2) is 9.68. The second-order valence-electron chi connectivity index (χ2n) is 6.39. The van der Waals surface area contributed by atoms with E-state index >= 15 is 0 Å². The number of hydrogen-bond donors (Lipinski definition) is 2. The zero-order valence-electron chi connectivity index (χ0n) is 16.2. The van der Waals surface area contributed by atoms with Crippen LogP contribution in [0.2, 0.25) is 0 Å². The van der Waals surface area contributed by atoms with Crippen molar-refractivity contribution in [3.8, 4) is 0 Å². The fourth-order valence-electron chi connectivity index (χ4n) is 2.82. The van der Waals surface area contributed by atoms with E-state index in [1.165, 1.54) is 7.11 Å². The maximum atomic E-state index is 12.7. The van der Waals surface area contributed by atoms with E-state index in [-0.39, 0.29) is 17.9 Å². The van der Waals surface area contributed by atoms with Gasteiger partial charge in [-0.3, -0.25) is 9.59 Å². The lowest BCUT2D eigenvalue weighted by molar-refractivity contribution is -0.139. The van der Waals surface area contributed by atoms with Crippen LogP contribution in [0.4, 0.5) is 5.69 Å². The maximum Gasteiger partial charge on any atom is 0.338 e. The minimum Gasteiger partial charge on any atom is -0.466 e. The summed E-state index contributed by atoms with van der Waals surface area (Å²) >= 11 is 0. The molecule has 2 rings (SSSR count). The average molecular weight is 388 g/mol. The predicted octanol–water partition coefficient (Wildman–Crippen LogP) is 2.17. The van der Waals surface area contributed by atoms with Gasteiger partial charge in [0.25, 0.3) is 0 Å². The lowest BCUT2D eigenvalue weighted by atomic mass is 9.89. The molecule has 8 nitrogen and oxygen atoms in total. The van der Waals surface area contributed by atoms with E-state index in [9.17, 15) is 19.2 Å². The summed E-state index contributed by atoms with van der Waals surface area (Å²) in [5.41, 5.74) is 1.23. The third-order valence-electron chi connectivity index (χ3n) is 4.31. The fourth-order valence-corrected chi connectivity index (χ4v) is 2.82. The number of ether oxygens (including phenoxy) is 2. The maximum absolute atomic E-state index is 12.7. The summed E-state index contributed by atoms with van der Waals surface area (Å²) in [4.78, 5) is 48.4. The molecule has 0 spiro atoms. The van der Waals surface area contributed by atoms with Crippen LogP contribution in [0.15, 0.2) is 35.5 Å². The van der Waals surface area contributed by atoms with Crippen LogP contribution in [0, 0.1) is 5.92 Å². The molecule has 2 amide bonds. The second-order valence-corrected chi connectivity index (χ2v) is 6.39. The van der Waals surface area contributed by atoms with Crippen molar-refractivity contribution in [2.75, 3.05) is 19.0 Å². The molecule has 1 aliphatic heterocycles. The summed E-state index contributed by atoms with van der Waals surface area (Å²) < 4.78 is 9.86. The molecule has 0 bridgehead atoms. The van der Waals surface area contributed by atoms with Crippen LogP contribution in [0.25, 0.3) is 0 Å². The summed E-state index contributed by atoms with van der Waals surface area (Å²) in [6.07, 6.45) is 1.57. The van der Waals surface area contributed by atoms with E-state index in [1.807, 2.05) is 6.92 Å². The molecule has 0 radical (unpaired) electrons. The molecule has 1 heterocycles. The molecule has 150 valence electrons. The van der Waals surface area contributed by atoms with Crippen LogP contribution in [-0.2, 0) is 23.9 Å². The molecule has 28 heavy (non-hydrogen) atoms. The molecular formula is C20H24N2O6. The molecule has 1 atom stereocenters. The molecule has 0 saturated carbocycles. The highest BCUT2D eigenvalue weighted by atomic mass is 16.5. The molecule has 2 N–H and O–H groups in total. The molecule has 1 aromatic carbocycles.